The van der Waals surface area contributed by atoms with Crippen molar-refractivity contribution in [1.82, 2.24) is 5.32 Å². The molecule has 0 heterocycles. The molecule has 0 spiro atoms. The number of ether oxygens (including phenoxy) is 1. The van der Waals surface area contributed by atoms with Crippen LogP contribution in [-0.2, 0) is 4.74 Å². The van der Waals surface area contributed by atoms with Gasteiger partial charge in [0.05, 0.1) is 18.8 Å². The lowest BCUT2D eigenvalue weighted by Crippen LogP contribution is -2.31. The Balaban J connectivity index is 1.89. The molecule has 0 amide bonds. The van der Waals surface area contributed by atoms with Gasteiger partial charge in [0, 0.05) is 0 Å². The number of rotatable bonds is 7. The van der Waals surface area contributed by atoms with Crippen LogP contribution in [0.5, 0.6) is 0 Å². The van der Waals surface area contributed by atoms with Gasteiger partial charge >= 0.3 is 0 Å². The monoisotopic (exact) mass is 289 g/mol. The van der Waals surface area contributed by atoms with Crippen molar-refractivity contribution < 1.29 is 4.74 Å². The van der Waals surface area contributed by atoms with E-state index in [1.165, 1.54) is 24.8 Å². The summed E-state index contributed by atoms with van der Waals surface area (Å²) in [7, 11) is 0. The molecule has 1 saturated carbocycles. The van der Waals surface area contributed by atoms with E-state index in [4.69, 9.17) is 4.74 Å². The molecule has 0 aliphatic heterocycles. The SMILES string of the molecule is CCCNC(COC1CC(C)CC(C)C1)c1ccccc1. The molecule has 3 unspecified atom stereocenters. The largest absolute Gasteiger partial charge is 0.376 e. The average Bonchev–Trinajstić information content (AvgIpc) is 2.47. The lowest BCUT2D eigenvalue weighted by atomic mass is 9.82. The van der Waals surface area contributed by atoms with Gasteiger partial charge in [-0.1, -0.05) is 51.1 Å². The highest BCUT2D eigenvalue weighted by molar-refractivity contribution is 5.18. The smallest absolute Gasteiger partial charge is 0.0665 e. The van der Waals surface area contributed by atoms with E-state index in [9.17, 15) is 0 Å². The second kappa shape index (κ2) is 8.55. The van der Waals surface area contributed by atoms with E-state index < -0.39 is 0 Å². The van der Waals surface area contributed by atoms with Gasteiger partial charge in [0.1, 0.15) is 0 Å². The first-order valence-corrected chi connectivity index (χ1v) is 8.59. The summed E-state index contributed by atoms with van der Waals surface area (Å²) < 4.78 is 6.27. The molecule has 1 fully saturated rings. The third-order valence-electron chi connectivity index (χ3n) is 4.48. The molecule has 0 aromatic heterocycles. The van der Waals surface area contributed by atoms with Gasteiger partial charge in [-0.15, -0.1) is 0 Å². The van der Waals surface area contributed by atoms with Gasteiger partial charge < -0.3 is 10.1 Å². The Bertz CT molecular complexity index is 382. The number of nitrogens with one attached hydrogen (secondary N) is 1. The highest BCUT2D eigenvalue weighted by atomic mass is 16.5. The first-order valence-electron chi connectivity index (χ1n) is 8.59. The van der Waals surface area contributed by atoms with Gasteiger partial charge in [0.2, 0.25) is 0 Å². The summed E-state index contributed by atoms with van der Waals surface area (Å²) >= 11 is 0. The van der Waals surface area contributed by atoms with E-state index in [0.29, 0.717) is 12.1 Å². The molecule has 2 heteroatoms. The molecule has 0 bridgehead atoms. The van der Waals surface area contributed by atoms with E-state index in [1.807, 2.05) is 0 Å². The standard InChI is InChI=1S/C19H31NO/c1-4-10-20-19(17-8-6-5-7-9-17)14-21-18-12-15(2)11-16(3)13-18/h5-9,15-16,18-20H,4,10-14H2,1-3H3. The van der Waals surface area contributed by atoms with Crippen LogP contribution in [0.4, 0.5) is 0 Å². The van der Waals surface area contributed by atoms with Crippen LogP contribution in [0.2, 0.25) is 0 Å². The average molecular weight is 289 g/mol. The lowest BCUT2D eigenvalue weighted by Gasteiger charge is -2.32. The zero-order chi connectivity index (χ0) is 15.1. The number of hydrogen-bond acceptors (Lipinski definition) is 2. The summed E-state index contributed by atoms with van der Waals surface area (Å²) in [6.07, 6.45) is 5.40. The van der Waals surface area contributed by atoms with Crippen LogP contribution in [0.1, 0.15) is 58.1 Å². The third-order valence-corrected chi connectivity index (χ3v) is 4.48. The molecular formula is C19H31NO. The van der Waals surface area contributed by atoms with Crippen molar-refractivity contribution in [2.24, 2.45) is 11.8 Å². The minimum atomic E-state index is 0.318. The Morgan fingerprint density at radius 2 is 1.76 bits per heavy atom. The van der Waals surface area contributed by atoms with Gasteiger partial charge in [0.15, 0.2) is 0 Å². The molecule has 0 saturated heterocycles. The van der Waals surface area contributed by atoms with E-state index in [0.717, 1.165) is 31.4 Å². The Morgan fingerprint density at radius 3 is 2.38 bits per heavy atom. The third kappa shape index (κ3) is 5.44. The Kier molecular flexibility index (Phi) is 6.72. The van der Waals surface area contributed by atoms with Gasteiger partial charge in [-0.3, -0.25) is 0 Å². The highest BCUT2D eigenvalue weighted by Gasteiger charge is 2.25. The van der Waals surface area contributed by atoms with Crippen molar-refractivity contribution in [3.05, 3.63) is 35.9 Å². The molecule has 1 aromatic rings. The van der Waals surface area contributed by atoms with Crippen molar-refractivity contribution >= 4 is 0 Å². The fraction of sp³-hybridized carbons (Fsp3) is 0.684. The van der Waals surface area contributed by atoms with E-state index in [-0.39, 0.29) is 0 Å². The van der Waals surface area contributed by atoms with E-state index >= 15 is 0 Å². The van der Waals surface area contributed by atoms with Crippen LogP contribution in [-0.4, -0.2) is 19.3 Å². The Labute approximate surface area is 130 Å². The molecule has 118 valence electrons. The maximum atomic E-state index is 6.27. The van der Waals surface area contributed by atoms with E-state index in [2.05, 4.69) is 56.4 Å². The van der Waals surface area contributed by atoms with E-state index in [1.54, 1.807) is 0 Å². The van der Waals surface area contributed by atoms with Crippen LogP contribution in [0.3, 0.4) is 0 Å². The van der Waals surface area contributed by atoms with Crippen LogP contribution in [0, 0.1) is 11.8 Å². The van der Waals surface area contributed by atoms with Crippen molar-refractivity contribution in [3.63, 3.8) is 0 Å². The molecule has 1 aliphatic carbocycles. The minimum absolute atomic E-state index is 0.318. The fourth-order valence-corrected chi connectivity index (χ4v) is 3.52. The fourth-order valence-electron chi connectivity index (χ4n) is 3.52. The van der Waals surface area contributed by atoms with Crippen LogP contribution >= 0.6 is 0 Å². The zero-order valence-corrected chi connectivity index (χ0v) is 13.8. The van der Waals surface area contributed by atoms with Crippen LogP contribution in [0.25, 0.3) is 0 Å². The molecular weight excluding hydrogens is 258 g/mol. The molecule has 0 radical (unpaired) electrons. The molecule has 1 aliphatic rings. The summed E-state index contributed by atoms with van der Waals surface area (Å²) in [5.74, 6) is 1.61. The van der Waals surface area contributed by atoms with Gasteiger partial charge in [-0.2, -0.15) is 0 Å². The normalized spacial score (nSPS) is 27.5. The van der Waals surface area contributed by atoms with Gasteiger partial charge in [0.25, 0.3) is 0 Å². The van der Waals surface area contributed by atoms with Gasteiger partial charge in [-0.05, 0) is 49.6 Å². The van der Waals surface area contributed by atoms with Crippen molar-refractivity contribution in [2.75, 3.05) is 13.2 Å². The van der Waals surface area contributed by atoms with Crippen molar-refractivity contribution in [3.8, 4) is 0 Å². The van der Waals surface area contributed by atoms with Gasteiger partial charge in [-0.25, -0.2) is 0 Å². The summed E-state index contributed by atoms with van der Waals surface area (Å²) in [5, 5.41) is 3.62. The van der Waals surface area contributed by atoms with Crippen molar-refractivity contribution in [2.45, 2.75) is 58.6 Å². The number of benzene rings is 1. The molecule has 1 aromatic carbocycles. The quantitative estimate of drug-likeness (QED) is 0.794. The topological polar surface area (TPSA) is 21.3 Å². The second-order valence-electron chi connectivity index (χ2n) is 6.79. The summed E-state index contributed by atoms with van der Waals surface area (Å²) in [6, 6.07) is 11.0. The summed E-state index contributed by atoms with van der Waals surface area (Å²) in [6.45, 7) is 8.75. The highest BCUT2D eigenvalue weighted by Crippen LogP contribution is 2.30. The van der Waals surface area contributed by atoms with Crippen LogP contribution < -0.4 is 5.32 Å². The molecule has 3 atom stereocenters. The Morgan fingerprint density at radius 1 is 1.10 bits per heavy atom. The molecule has 2 rings (SSSR count). The first-order chi connectivity index (χ1) is 10.2. The maximum absolute atomic E-state index is 6.27. The van der Waals surface area contributed by atoms with Crippen LogP contribution in [0.15, 0.2) is 30.3 Å². The second-order valence-corrected chi connectivity index (χ2v) is 6.79. The summed E-state index contributed by atoms with van der Waals surface area (Å²) in [5.41, 5.74) is 1.34. The van der Waals surface area contributed by atoms with Crippen molar-refractivity contribution in [1.29, 1.82) is 0 Å². The minimum Gasteiger partial charge on any atom is -0.376 e. The predicted octanol–water partition coefficient (Wildman–Crippen LogP) is 4.57. The Hall–Kier alpha value is -0.860. The molecule has 2 nitrogen and oxygen atoms in total. The number of hydrogen-bond donors (Lipinski definition) is 1. The lowest BCUT2D eigenvalue weighted by molar-refractivity contribution is -0.00922. The maximum Gasteiger partial charge on any atom is 0.0665 e. The zero-order valence-electron chi connectivity index (χ0n) is 13.8. The molecule has 1 N–H and O–H groups in total. The molecule has 21 heavy (non-hydrogen) atoms. The predicted molar refractivity (Wildman–Crippen MR) is 89.4 cm³/mol. The first kappa shape index (κ1) is 16.5. The summed E-state index contributed by atoms with van der Waals surface area (Å²) in [4.78, 5) is 0.